The highest BCUT2D eigenvalue weighted by molar-refractivity contribution is 5.95. The molecule has 18 heavy (non-hydrogen) atoms. The minimum Gasteiger partial charge on any atom is -0.338 e. The molecule has 1 aliphatic heterocycles. The van der Waals surface area contributed by atoms with E-state index in [-0.39, 0.29) is 12.5 Å². The topological polar surface area (TPSA) is 73.5 Å². The van der Waals surface area contributed by atoms with Gasteiger partial charge in [-0.25, -0.2) is 4.79 Å². The maximum atomic E-state index is 11.7. The minimum absolute atomic E-state index is 0.245. The molecule has 0 bridgehead atoms. The fourth-order valence-electron chi connectivity index (χ4n) is 1.81. The number of hydrogen-bond acceptors (Lipinski definition) is 4. The molecule has 1 fully saturated rings. The molecule has 1 rings (SSSR count). The van der Waals surface area contributed by atoms with Crippen LogP contribution in [0.3, 0.4) is 0 Å². The van der Waals surface area contributed by atoms with Crippen molar-refractivity contribution in [2.45, 2.75) is 26.8 Å². The van der Waals surface area contributed by atoms with E-state index in [1.54, 1.807) is 0 Å². The average molecular weight is 256 g/mol. The second-order valence-electron chi connectivity index (χ2n) is 5.18. The second kappa shape index (κ2) is 7.33. The number of amides is 3. The first kappa shape index (κ1) is 14.9. The summed E-state index contributed by atoms with van der Waals surface area (Å²) in [7, 11) is 0. The molecule has 0 spiro atoms. The number of piperazine rings is 1. The molecule has 0 aromatic rings. The van der Waals surface area contributed by atoms with Gasteiger partial charge >= 0.3 is 6.03 Å². The van der Waals surface area contributed by atoms with E-state index < -0.39 is 6.03 Å². The summed E-state index contributed by atoms with van der Waals surface area (Å²) < 4.78 is 0. The molecule has 6 nitrogen and oxygen atoms in total. The maximum absolute atomic E-state index is 11.7. The van der Waals surface area contributed by atoms with Crippen LogP contribution < -0.4 is 16.0 Å². The van der Waals surface area contributed by atoms with Gasteiger partial charge in [0, 0.05) is 32.2 Å². The zero-order valence-corrected chi connectivity index (χ0v) is 11.5. The second-order valence-corrected chi connectivity index (χ2v) is 5.18. The van der Waals surface area contributed by atoms with Gasteiger partial charge < -0.3 is 10.6 Å². The molecule has 0 radical (unpaired) electrons. The first-order valence-corrected chi connectivity index (χ1v) is 6.51. The van der Waals surface area contributed by atoms with Gasteiger partial charge in [0.05, 0.1) is 6.54 Å². The molecule has 1 atom stereocenters. The Bertz CT molecular complexity index is 294. The first-order valence-electron chi connectivity index (χ1n) is 6.51. The SMILES string of the molecule is CC(C)CNC(=O)NC(=O)CN1CCNC[C@@H]1C. The van der Waals surface area contributed by atoms with Gasteiger partial charge in [-0.15, -0.1) is 0 Å². The van der Waals surface area contributed by atoms with E-state index in [0.717, 1.165) is 19.6 Å². The van der Waals surface area contributed by atoms with E-state index in [1.807, 2.05) is 13.8 Å². The van der Waals surface area contributed by atoms with Gasteiger partial charge in [-0.3, -0.25) is 15.0 Å². The van der Waals surface area contributed by atoms with Crippen LogP contribution in [0, 0.1) is 5.92 Å². The third kappa shape index (κ3) is 5.46. The van der Waals surface area contributed by atoms with Gasteiger partial charge in [0.1, 0.15) is 0 Å². The van der Waals surface area contributed by atoms with E-state index in [9.17, 15) is 9.59 Å². The summed E-state index contributed by atoms with van der Waals surface area (Å²) in [5.41, 5.74) is 0. The molecule has 0 unspecified atom stereocenters. The van der Waals surface area contributed by atoms with Crippen LogP contribution in [0.2, 0.25) is 0 Å². The van der Waals surface area contributed by atoms with Crippen molar-refractivity contribution in [1.29, 1.82) is 0 Å². The Kier molecular flexibility index (Phi) is 6.07. The smallest absolute Gasteiger partial charge is 0.321 e. The highest BCUT2D eigenvalue weighted by atomic mass is 16.2. The Hall–Kier alpha value is -1.14. The van der Waals surface area contributed by atoms with E-state index in [1.165, 1.54) is 0 Å². The monoisotopic (exact) mass is 256 g/mol. The van der Waals surface area contributed by atoms with Crippen molar-refractivity contribution in [1.82, 2.24) is 20.9 Å². The third-order valence-electron chi connectivity index (χ3n) is 2.91. The molecule has 1 aliphatic rings. The van der Waals surface area contributed by atoms with Crippen LogP contribution in [0.4, 0.5) is 4.79 Å². The number of nitrogens with one attached hydrogen (secondary N) is 3. The van der Waals surface area contributed by atoms with Crippen LogP contribution in [0.5, 0.6) is 0 Å². The quantitative estimate of drug-likeness (QED) is 0.649. The van der Waals surface area contributed by atoms with Gasteiger partial charge in [0.15, 0.2) is 0 Å². The summed E-state index contributed by atoms with van der Waals surface area (Å²) in [4.78, 5) is 25.2. The molecular formula is C12H24N4O2. The van der Waals surface area contributed by atoms with E-state index in [4.69, 9.17) is 0 Å². The summed E-state index contributed by atoms with van der Waals surface area (Å²) in [6.45, 7) is 9.53. The predicted molar refractivity (Wildman–Crippen MR) is 70.3 cm³/mol. The Morgan fingerprint density at radius 2 is 2.17 bits per heavy atom. The number of carbonyl (C=O) groups is 2. The first-order chi connectivity index (χ1) is 8.49. The van der Waals surface area contributed by atoms with Gasteiger partial charge in [0.2, 0.25) is 5.91 Å². The fourth-order valence-corrected chi connectivity index (χ4v) is 1.81. The third-order valence-corrected chi connectivity index (χ3v) is 2.91. The van der Waals surface area contributed by atoms with Crippen molar-refractivity contribution in [3.8, 4) is 0 Å². The lowest BCUT2D eigenvalue weighted by atomic mass is 10.2. The Balaban J connectivity index is 2.25. The summed E-state index contributed by atoms with van der Waals surface area (Å²) in [5, 5.41) is 8.27. The van der Waals surface area contributed by atoms with Crippen LogP contribution in [-0.4, -0.2) is 55.6 Å². The standard InChI is InChI=1S/C12H24N4O2/c1-9(2)6-14-12(18)15-11(17)8-16-5-4-13-7-10(16)3/h9-10,13H,4-8H2,1-3H3,(H2,14,15,17,18)/t10-/m0/s1. The minimum atomic E-state index is -0.406. The summed E-state index contributed by atoms with van der Waals surface area (Å²) >= 11 is 0. The zero-order chi connectivity index (χ0) is 13.5. The van der Waals surface area contributed by atoms with Crippen molar-refractivity contribution >= 4 is 11.9 Å². The molecule has 104 valence electrons. The Morgan fingerprint density at radius 1 is 1.44 bits per heavy atom. The fraction of sp³-hybridized carbons (Fsp3) is 0.833. The molecule has 0 saturated carbocycles. The van der Waals surface area contributed by atoms with Gasteiger partial charge in [-0.2, -0.15) is 0 Å². The summed E-state index contributed by atoms with van der Waals surface area (Å²) in [6, 6.07) is -0.0836. The van der Waals surface area contributed by atoms with Crippen LogP contribution in [0.15, 0.2) is 0 Å². The zero-order valence-electron chi connectivity index (χ0n) is 11.5. The van der Waals surface area contributed by atoms with Gasteiger partial charge in [0.25, 0.3) is 0 Å². The number of urea groups is 1. The van der Waals surface area contributed by atoms with Gasteiger partial charge in [-0.05, 0) is 12.8 Å². The van der Waals surface area contributed by atoms with Crippen LogP contribution in [-0.2, 0) is 4.79 Å². The summed E-state index contributed by atoms with van der Waals surface area (Å²) in [5.74, 6) is 0.129. The Labute approximate surface area is 108 Å². The molecule has 0 aromatic carbocycles. The lowest BCUT2D eigenvalue weighted by Gasteiger charge is -2.33. The molecule has 3 N–H and O–H groups in total. The molecular weight excluding hydrogens is 232 g/mol. The van der Waals surface area contributed by atoms with Crippen molar-refractivity contribution in [3.63, 3.8) is 0 Å². The molecule has 0 aliphatic carbocycles. The van der Waals surface area contributed by atoms with Crippen molar-refractivity contribution in [2.24, 2.45) is 5.92 Å². The molecule has 6 heteroatoms. The van der Waals surface area contributed by atoms with Crippen LogP contribution in [0.25, 0.3) is 0 Å². The largest absolute Gasteiger partial charge is 0.338 e. The lowest BCUT2D eigenvalue weighted by molar-refractivity contribution is -0.121. The normalized spacial score (nSPS) is 20.8. The van der Waals surface area contributed by atoms with Crippen molar-refractivity contribution in [3.05, 3.63) is 0 Å². The predicted octanol–water partition coefficient (Wildman–Crippen LogP) is -0.238. The molecule has 1 heterocycles. The summed E-state index contributed by atoms with van der Waals surface area (Å²) in [6.07, 6.45) is 0. The van der Waals surface area contributed by atoms with Crippen LogP contribution in [0.1, 0.15) is 20.8 Å². The van der Waals surface area contributed by atoms with E-state index >= 15 is 0 Å². The average Bonchev–Trinajstić information content (AvgIpc) is 2.29. The molecule has 1 saturated heterocycles. The lowest BCUT2D eigenvalue weighted by Crippen LogP contribution is -2.54. The maximum Gasteiger partial charge on any atom is 0.321 e. The molecule has 0 aromatic heterocycles. The molecule has 3 amide bonds. The number of nitrogens with zero attached hydrogens (tertiary/aromatic N) is 1. The van der Waals surface area contributed by atoms with Crippen LogP contribution >= 0.6 is 0 Å². The number of imide groups is 1. The van der Waals surface area contributed by atoms with Crippen molar-refractivity contribution < 1.29 is 9.59 Å². The highest BCUT2D eigenvalue weighted by Crippen LogP contribution is 2.00. The van der Waals surface area contributed by atoms with E-state index in [0.29, 0.717) is 18.5 Å². The van der Waals surface area contributed by atoms with E-state index in [2.05, 4.69) is 27.8 Å². The van der Waals surface area contributed by atoms with Crippen molar-refractivity contribution in [2.75, 3.05) is 32.7 Å². The Morgan fingerprint density at radius 3 is 2.78 bits per heavy atom. The van der Waals surface area contributed by atoms with Gasteiger partial charge in [-0.1, -0.05) is 13.8 Å². The number of rotatable bonds is 4. The number of carbonyl (C=O) groups excluding carboxylic acids is 2. The number of hydrogen-bond donors (Lipinski definition) is 3. The highest BCUT2D eigenvalue weighted by Gasteiger charge is 2.20.